The summed E-state index contributed by atoms with van der Waals surface area (Å²) in [6.07, 6.45) is 0.587. The number of urea groups is 1. The number of halogens is 1. The van der Waals surface area contributed by atoms with Gasteiger partial charge in [-0.15, -0.1) is 0 Å². The molecule has 2 fully saturated rings. The maximum absolute atomic E-state index is 14.3. The number of hydrogen-bond acceptors (Lipinski definition) is 5. The van der Waals surface area contributed by atoms with Gasteiger partial charge in [0.15, 0.2) is 0 Å². The summed E-state index contributed by atoms with van der Waals surface area (Å²) in [6, 6.07) is 5.12. The summed E-state index contributed by atoms with van der Waals surface area (Å²) < 4.78 is 19.1. The van der Waals surface area contributed by atoms with Crippen molar-refractivity contribution in [1.29, 1.82) is 0 Å². The molecule has 3 rings (SSSR count). The topological polar surface area (TPSA) is 103 Å². The highest BCUT2D eigenvalue weighted by Gasteiger charge is 2.43. The SMILES string of the molecule is COCC(=O)N[C@H]1CN(Cc2ccccc2F)C[C@@H]2C[C@H](NC(=O)NC(C)C)CN2C1=O. The van der Waals surface area contributed by atoms with E-state index in [1.54, 1.807) is 23.1 Å². The van der Waals surface area contributed by atoms with Gasteiger partial charge in [0, 0.05) is 50.9 Å². The minimum Gasteiger partial charge on any atom is -0.375 e. The molecule has 1 aromatic rings. The Labute approximate surface area is 187 Å². The average molecular weight is 450 g/mol. The number of nitrogens with zero attached hydrogens (tertiary/aromatic N) is 2. The molecule has 0 spiro atoms. The summed E-state index contributed by atoms with van der Waals surface area (Å²) in [5.41, 5.74) is 0.527. The predicted octanol–water partition coefficient (Wildman–Crippen LogP) is 0.450. The zero-order valence-corrected chi connectivity index (χ0v) is 18.8. The van der Waals surface area contributed by atoms with Crippen LogP contribution >= 0.6 is 0 Å². The highest BCUT2D eigenvalue weighted by atomic mass is 19.1. The minimum absolute atomic E-state index is 0.000423. The fraction of sp³-hybridized carbons (Fsp3) is 0.591. The number of nitrogens with one attached hydrogen (secondary N) is 3. The molecule has 0 aliphatic carbocycles. The average Bonchev–Trinajstić information content (AvgIpc) is 3.05. The van der Waals surface area contributed by atoms with Crippen LogP contribution in [0.5, 0.6) is 0 Å². The Hall–Kier alpha value is -2.72. The van der Waals surface area contributed by atoms with Gasteiger partial charge in [0.05, 0.1) is 6.04 Å². The van der Waals surface area contributed by atoms with Gasteiger partial charge in [-0.25, -0.2) is 9.18 Å². The van der Waals surface area contributed by atoms with Gasteiger partial charge in [0.25, 0.3) is 0 Å². The van der Waals surface area contributed by atoms with Crippen molar-refractivity contribution >= 4 is 17.8 Å². The van der Waals surface area contributed by atoms with E-state index in [2.05, 4.69) is 16.0 Å². The monoisotopic (exact) mass is 449 g/mol. The molecule has 10 heteroatoms. The molecule has 32 heavy (non-hydrogen) atoms. The van der Waals surface area contributed by atoms with Crippen LogP contribution in [0.3, 0.4) is 0 Å². The van der Waals surface area contributed by atoms with E-state index in [9.17, 15) is 18.8 Å². The lowest BCUT2D eigenvalue weighted by Gasteiger charge is -2.25. The summed E-state index contributed by atoms with van der Waals surface area (Å²) in [5.74, 6) is -0.902. The van der Waals surface area contributed by atoms with Crippen LogP contribution in [0.1, 0.15) is 25.8 Å². The molecule has 3 atom stereocenters. The molecule has 176 valence electrons. The Morgan fingerprint density at radius 1 is 1.19 bits per heavy atom. The lowest BCUT2D eigenvalue weighted by atomic mass is 10.1. The summed E-state index contributed by atoms with van der Waals surface area (Å²) in [6.45, 7) is 5.05. The number of methoxy groups -OCH3 is 1. The molecule has 0 radical (unpaired) electrons. The van der Waals surface area contributed by atoms with Crippen LogP contribution in [0, 0.1) is 5.82 Å². The summed E-state index contributed by atoms with van der Waals surface area (Å²) in [5, 5.41) is 8.47. The fourth-order valence-electron chi connectivity index (χ4n) is 4.33. The number of rotatable bonds is 7. The molecule has 4 amide bonds. The van der Waals surface area contributed by atoms with Gasteiger partial charge in [0.2, 0.25) is 11.8 Å². The molecular formula is C22H32FN5O4. The zero-order valence-electron chi connectivity index (χ0n) is 18.8. The van der Waals surface area contributed by atoms with Crippen LogP contribution in [0.15, 0.2) is 24.3 Å². The first-order valence-corrected chi connectivity index (χ1v) is 10.9. The van der Waals surface area contributed by atoms with Crippen molar-refractivity contribution in [2.24, 2.45) is 0 Å². The molecule has 0 bridgehead atoms. The molecule has 0 aromatic heterocycles. The number of carbonyl (C=O) groups is 3. The van der Waals surface area contributed by atoms with E-state index in [4.69, 9.17) is 4.74 Å². The van der Waals surface area contributed by atoms with E-state index in [1.165, 1.54) is 13.2 Å². The Morgan fingerprint density at radius 2 is 1.94 bits per heavy atom. The molecule has 2 aliphatic heterocycles. The van der Waals surface area contributed by atoms with Gasteiger partial charge in [0.1, 0.15) is 18.5 Å². The van der Waals surface area contributed by atoms with Crippen molar-refractivity contribution in [1.82, 2.24) is 25.8 Å². The molecule has 2 saturated heterocycles. The van der Waals surface area contributed by atoms with E-state index in [0.717, 1.165) is 0 Å². The third kappa shape index (κ3) is 6.17. The van der Waals surface area contributed by atoms with Crippen molar-refractivity contribution in [2.75, 3.05) is 33.4 Å². The minimum atomic E-state index is -0.780. The zero-order chi connectivity index (χ0) is 23.3. The second-order valence-corrected chi connectivity index (χ2v) is 8.69. The number of carbonyl (C=O) groups excluding carboxylic acids is 3. The maximum atomic E-state index is 14.3. The fourth-order valence-corrected chi connectivity index (χ4v) is 4.33. The van der Waals surface area contributed by atoms with Gasteiger partial charge in [-0.1, -0.05) is 18.2 Å². The molecule has 0 unspecified atom stereocenters. The highest BCUT2D eigenvalue weighted by Crippen LogP contribution is 2.24. The van der Waals surface area contributed by atoms with E-state index >= 15 is 0 Å². The number of fused-ring (bicyclic) bond motifs is 1. The molecule has 0 saturated carbocycles. The number of benzene rings is 1. The molecular weight excluding hydrogens is 417 g/mol. The summed E-state index contributed by atoms with van der Waals surface area (Å²) in [7, 11) is 1.41. The number of hydrogen-bond donors (Lipinski definition) is 3. The quantitative estimate of drug-likeness (QED) is 0.561. The Balaban J connectivity index is 1.76. The van der Waals surface area contributed by atoms with Crippen LogP contribution in [-0.4, -0.2) is 85.2 Å². The van der Waals surface area contributed by atoms with Crippen molar-refractivity contribution in [3.05, 3.63) is 35.6 Å². The third-order valence-electron chi connectivity index (χ3n) is 5.62. The molecule has 2 heterocycles. The first-order chi connectivity index (χ1) is 15.3. The van der Waals surface area contributed by atoms with Gasteiger partial charge in [-0.3, -0.25) is 14.5 Å². The highest BCUT2D eigenvalue weighted by molar-refractivity contribution is 5.89. The lowest BCUT2D eigenvalue weighted by molar-refractivity contribution is -0.137. The lowest BCUT2D eigenvalue weighted by Crippen LogP contribution is -2.52. The molecule has 1 aromatic carbocycles. The van der Waals surface area contributed by atoms with E-state index < -0.39 is 6.04 Å². The summed E-state index contributed by atoms with van der Waals surface area (Å²) >= 11 is 0. The van der Waals surface area contributed by atoms with E-state index in [0.29, 0.717) is 31.6 Å². The normalized spacial score (nSPS) is 23.6. The van der Waals surface area contributed by atoms with Crippen LogP contribution in [-0.2, 0) is 20.9 Å². The van der Waals surface area contributed by atoms with Crippen molar-refractivity contribution in [3.8, 4) is 0 Å². The Kier molecular flexibility index (Phi) is 8.03. The standard InChI is InChI=1S/C22H32FN5O4/c1-14(2)24-22(31)25-16-8-17-11-27(9-15-6-4-5-7-18(15)23)12-19(21(30)28(17)10-16)26-20(29)13-32-3/h4-7,14,16-17,19H,8-13H2,1-3H3,(H,26,29)(H2,24,25,31)/t16-,17-,19-/m0/s1. The van der Waals surface area contributed by atoms with Crippen LogP contribution in [0.4, 0.5) is 9.18 Å². The third-order valence-corrected chi connectivity index (χ3v) is 5.62. The smallest absolute Gasteiger partial charge is 0.315 e. The van der Waals surface area contributed by atoms with E-state index in [-0.39, 0.29) is 54.9 Å². The first kappa shape index (κ1) is 23.9. The Morgan fingerprint density at radius 3 is 2.62 bits per heavy atom. The first-order valence-electron chi connectivity index (χ1n) is 10.9. The molecule has 9 nitrogen and oxygen atoms in total. The molecule has 2 aliphatic rings. The van der Waals surface area contributed by atoms with Gasteiger partial charge >= 0.3 is 6.03 Å². The van der Waals surface area contributed by atoms with Crippen LogP contribution in [0.25, 0.3) is 0 Å². The van der Waals surface area contributed by atoms with Crippen LogP contribution < -0.4 is 16.0 Å². The largest absolute Gasteiger partial charge is 0.375 e. The molecule has 3 N–H and O–H groups in total. The maximum Gasteiger partial charge on any atom is 0.315 e. The van der Waals surface area contributed by atoms with Gasteiger partial charge in [-0.05, 0) is 26.3 Å². The van der Waals surface area contributed by atoms with Crippen LogP contribution in [0.2, 0.25) is 0 Å². The van der Waals surface area contributed by atoms with Gasteiger partial charge in [-0.2, -0.15) is 0 Å². The van der Waals surface area contributed by atoms with Crippen molar-refractivity contribution in [3.63, 3.8) is 0 Å². The van der Waals surface area contributed by atoms with Gasteiger partial charge < -0.3 is 25.6 Å². The second kappa shape index (κ2) is 10.7. The Bertz CT molecular complexity index is 836. The predicted molar refractivity (Wildman–Crippen MR) is 116 cm³/mol. The van der Waals surface area contributed by atoms with Crippen molar-refractivity contribution < 1.29 is 23.5 Å². The number of amides is 4. The van der Waals surface area contributed by atoms with Crippen molar-refractivity contribution in [2.45, 2.75) is 51.0 Å². The van der Waals surface area contributed by atoms with E-state index in [1.807, 2.05) is 18.7 Å². The summed E-state index contributed by atoms with van der Waals surface area (Å²) in [4.78, 5) is 41.3. The second-order valence-electron chi connectivity index (χ2n) is 8.69. The number of ether oxygens (including phenoxy) is 1.